The number of carbonyl (C=O) groups excluding carboxylic acids is 1. The summed E-state index contributed by atoms with van der Waals surface area (Å²) < 4.78 is 0. The molecule has 1 aromatic rings. The Balaban J connectivity index is 1.73. The van der Waals surface area contributed by atoms with Crippen molar-refractivity contribution in [3.63, 3.8) is 0 Å². The molecule has 5 nitrogen and oxygen atoms in total. The first-order chi connectivity index (χ1) is 8.25. The zero-order chi connectivity index (χ0) is 12.1. The molecule has 0 aromatic carbocycles. The number of nitrogens with zero attached hydrogens (tertiary/aromatic N) is 2. The van der Waals surface area contributed by atoms with Crippen molar-refractivity contribution in [1.29, 1.82) is 0 Å². The lowest BCUT2D eigenvalue weighted by atomic mass is 10.2. The van der Waals surface area contributed by atoms with Crippen molar-refractivity contribution in [1.82, 2.24) is 15.3 Å². The van der Waals surface area contributed by atoms with Gasteiger partial charge >= 0.3 is 0 Å². The molecule has 3 N–H and O–H groups in total. The predicted octanol–water partition coefficient (Wildman–Crippen LogP) is 0.565. The molecule has 1 saturated carbocycles. The Kier molecular flexibility index (Phi) is 4.33. The number of nitrogens with one attached hydrogen (secondary N) is 1. The summed E-state index contributed by atoms with van der Waals surface area (Å²) in [7, 11) is 0. The number of amides is 1. The van der Waals surface area contributed by atoms with Crippen molar-refractivity contribution in [2.45, 2.75) is 36.5 Å². The topological polar surface area (TPSA) is 80.9 Å². The average molecular weight is 252 g/mol. The highest BCUT2D eigenvalue weighted by Gasteiger charge is 2.26. The van der Waals surface area contributed by atoms with Crippen LogP contribution in [0.2, 0.25) is 0 Å². The fourth-order valence-corrected chi connectivity index (χ4v) is 2.28. The molecule has 1 atom stereocenters. The highest BCUT2D eigenvalue weighted by atomic mass is 32.2. The van der Waals surface area contributed by atoms with Crippen molar-refractivity contribution >= 4 is 17.7 Å². The third kappa shape index (κ3) is 4.32. The molecular formula is C11H16N4OS. The monoisotopic (exact) mass is 252 g/mol. The normalized spacial score (nSPS) is 16.7. The van der Waals surface area contributed by atoms with E-state index in [1.165, 1.54) is 0 Å². The molecule has 0 saturated heterocycles. The van der Waals surface area contributed by atoms with Crippen LogP contribution in [0, 0.1) is 0 Å². The number of rotatable bonds is 7. The molecule has 1 aliphatic carbocycles. The summed E-state index contributed by atoms with van der Waals surface area (Å²) in [6.07, 6.45) is 6.44. The molecule has 0 bridgehead atoms. The molecule has 6 heteroatoms. The van der Waals surface area contributed by atoms with Crippen LogP contribution in [0.1, 0.15) is 19.3 Å². The number of aromatic nitrogens is 2. The summed E-state index contributed by atoms with van der Waals surface area (Å²) in [6, 6.07) is 2.05. The van der Waals surface area contributed by atoms with Crippen LogP contribution in [0.3, 0.4) is 0 Å². The van der Waals surface area contributed by atoms with E-state index in [1.54, 1.807) is 30.2 Å². The predicted molar refractivity (Wildman–Crippen MR) is 66.5 cm³/mol. The first kappa shape index (κ1) is 12.3. The minimum atomic E-state index is -0.272. The second-order valence-electron chi connectivity index (χ2n) is 4.06. The van der Waals surface area contributed by atoms with Crippen LogP contribution in [0.5, 0.6) is 0 Å². The Labute approximate surface area is 105 Å². The van der Waals surface area contributed by atoms with Crippen molar-refractivity contribution < 1.29 is 4.79 Å². The number of hydrogen-bond donors (Lipinski definition) is 2. The van der Waals surface area contributed by atoms with Gasteiger partial charge in [0.1, 0.15) is 0 Å². The second-order valence-corrected chi connectivity index (χ2v) is 5.13. The van der Waals surface area contributed by atoms with E-state index in [9.17, 15) is 4.79 Å². The number of nitrogens with two attached hydrogens (primary N) is 1. The minimum Gasteiger partial charge on any atom is -0.368 e. The van der Waals surface area contributed by atoms with Crippen LogP contribution in [-0.2, 0) is 4.79 Å². The lowest BCUT2D eigenvalue weighted by Crippen LogP contribution is -2.42. The van der Waals surface area contributed by atoms with Crippen molar-refractivity contribution in [3.8, 4) is 0 Å². The largest absolute Gasteiger partial charge is 0.368 e. The van der Waals surface area contributed by atoms with Gasteiger partial charge in [-0.05, 0) is 25.3 Å². The van der Waals surface area contributed by atoms with Crippen LogP contribution >= 0.6 is 11.8 Å². The molecule has 0 aliphatic heterocycles. The summed E-state index contributed by atoms with van der Waals surface area (Å²) >= 11 is 1.54. The van der Waals surface area contributed by atoms with Gasteiger partial charge in [0.15, 0.2) is 5.16 Å². The first-order valence-corrected chi connectivity index (χ1v) is 6.69. The summed E-state index contributed by atoms with van der Waals surface area (Å²) in [6.45, 7) is 0. The van der Waals surface area contributed by atoms with E-state index in [4.69, 9.17) is 5.73 Å². The number of primary amides is 1. The van der Waals surface area contributed by atoms with Gasteiger partial charge in [-0.15, -0.1) is 0 Å². The molecule has 1 amide bonds. The molecule has 1 unspecified atom stereocenters. The molecule has 1 aliphatic rings. The minimum absolute atomic E-state index is 0.223. The smallest absolute Gasteiger partial charge is 0.234 e. The van der Waals surface area contributed by atoms with Crippen LogP contribution in [0.4, 0.5) is 0 Å². The molecule has 1 fully saturated rings. The van der Waals surface area contributed by atoms with E-state index < -0.39 is 0 Å². The Bertz CT molecular complexity index is 369. The van der Waals surface area contributed by atoms with E-state index in [0.29, 0.717) is 6.04 Å². The van der Waals surface area contributed by atoms with Crippen LogP contribution < -0.4 is 11.1 Å². The summed E-state index contributed by atoms with van der Waals surface area (Å²) in [5, 5.41) is 3.99. The fraction of sp³-hybridized carbons (Fsp3) is 0.545. The summed E-state index contributed by atoms with van der Waals surface area (Å²) in [5.74, 6) is 0.517. The molecule has 17 heavy (non-hydrogen) atoms. The highest BCUT2D eigenvalue weighted by molar-refractivity contribution is 7.99. The summed E-state index contributed by atoms with van der Waals surface area (Å²) in [5.41, 5.74) is 5.35. The third-order valence-corrected chi connectivity index (χ3v) is 3.45. The van der Waals surface area contributed by atoms with Gasteiger partial charge in [-0.1, -0.05) is 11.8 Å². The van der Waals surface area contributed by atoms with Crippen LogP contribution in [-0.4, -0.2) is 33.7 Å². The quantitative estimate of drug-likeness (QED) is 0.547. The lowest BCUT2D eigenvalue weighted by Gasteiger charge is -2.13. The average Bonchev–Trinajstić information content (AvgIpc) is 3.13. The Morgan fingerprint density at radius 3 is 2.82 bits per heavy atom. The zero-order valence-corrected chi connectivity index (χ0v) is 10.3. The van der Waals surface area contributed by atoms with Gasteiger partial charge in [0, 0.05) is 24.2 Å². The SMILES string of the molecule is NC(=O)C(CCSc1ncccn1)NC1CC1. The number of thioether (sulfide) groups is 1. The van der Waals surface area contributed by atoms with Crippen molar-refractivity contribution in [3.05, 3.63) is 18.5 Å². The van der Waals surface area contributed by atoms with Crippen LogP contribution in [0.25, 0.3) is 0 Å². The molecule has 1 aromatic heterocycles. The van der Waals surface area contributed by atoms with Gasteiger partial charge < -0.3 is 11.1 Å². The lowest BCUT2D eigenvalue weighted by molar-refractivity contribution is -0.120. The Morgan fingerprint density at radius 2 is 2.24 bits per heavy atom. The van der Waals surface area contributed by atoms with Gasteiger partial charge in [-0.25, -0.2) is 9.97 Å². The summed E-state index contributed by atoms with van der Waals surface area (Å²) in [4.78, 5) is 19.4. The van der Waals surface area contributed by atoms with E-state index in [0.717, 1.165) is 30.2 Å². The standard InChI is InChI=1S/C11H16N4OS/c12-10(16)9(15-8-2-3-8)4-7-17-11-13-5-1-6-14-11/h1,5-6,8-9,15H,2-4,7H2,(H2,12,16). The van der Waals surface area contributed by atoms with Crippen LogP contribution in [0.15, 0.2) is 23.6 Å². The maximum Gasteiger partial charge on any atom is 0.234 e. The maximum atomic E-state index is 11.2. The number of hydrogen-bond acceptors (Lipinski definition) is 5. The van der Waals surface area contributed by atoms with E-state index in [-0.39, 0.29) is 11.9 Å². The van der Waals surface area contributed by atoms with Crippen molar-refractivity contribution in [2.75, 3.05) is 5.75 Å². The van der Waals surface area contributed by atoms with E-state index in [2.05, 4.69) is 15.3 Å². The van der Waals surface area contributed by atoms with Gasteiger partial charge in [-0.3, -0.25) is 4.79 Å². The van der Waals surface area contributed by atoms with Gasteiger partial charge in [-0.2, -0.15) is 0 Å². The zero-order valence-electron chi connectivity index (χ0n) is 9.50. The molecular weight excluding hydrogens is 236 g/mol. The van der Waals surface area contributed by atoms with Gasteiger partial charge in [0.25, 0.3) is 0 Å². The van der Waals surface area contributed by atoms with E-state index in [1.807, 2.05) is 0 Å². The maximum absolute atomic E-state index is 11.2. The molecule has 0 spiro atoms. The Morgan fingerprint density at radius 1 is 1.53 bits per heavy atom. The molecule has 2 rings (SSSR count). The van der Waals surface area contributed by atoms with E-state index >= 15 is 0 Å². The van der Waals surface area contributed by atoms with Gasteiger partial charge in [0.2, 0.25) is 5.91 Å². The second kappa shape index (κ2) is 5.97. The third-order valence-electron chi connectivity index (χ3n) is 2.54. The number of carbonyl (C=O) groups is 1. The molecule has 1 heterocycles. The fourth-order valence-electron chi connectivity index (χ4n) is 1.47. The Hall–Kier alpha value is -1.14. The van der Waals surface area contributed by atoms with Crippen molar-refractivity contribution in [2.24, 2.45) is 5.73 Å². The first-order valence-electron chi connectivity index (χ1n) is 5.71. The molecule has 92 valence electrons. The van der Waals surface area contributed by atoms with Gasteiger partial charge in [0.05, 0.1) is 6.04 Å². The molecule has 0 radical (unpaired) electrons. The highest BCUT2D eigenvalue weighted by Crippen LogP contribution is 2.21.